The number of rotatable bonds is 9. The maximum absolute atomic E-state index is 10.9. The van der Waals surface area contributed by atoms with Crippen LogP contribution in [0.5, 0.6) is 5.75 Å². The topological polar surface area (TPSA) is 105 Å². The summed E-state index contributed by atoms with van der Waals surface area (Å²) in [7, 11) is 3.39. The molecule has 0 saturated heterocycles. The lowest BCUT2D eigenvalue weighted by Crippen LogP contribution is -2.24. The minimum absolute atomic E-state index is 0.0316. The number of carbonyl (C=O) groups is 1. The number of non-ortho nitro benzene ring substituents is 1. The van der Waals surface area contributed by atoms with Gasteiger partial charge in [0.2, 0.25) is 0 Å². The molecule has 1 amide bonds. The highest BCUT2D eigenvalue weighted by molar-refractivity contribution is 5.64. The Morgan fingerprint density at radius 2 is 1.85 bits per heavy atom. The molecule has 1 atom stereocenters. The van der Waals surface area contributed by atoms with Crippen molar-refractivity contribution in [3.8, 4) is 5.75 Å². The molecule has 0 bridgehead atoms. The second-order valence-electron chi connectivity index (χ2n) is 6.11. The molecule has 2 rings (SSSR count). The van der Waals surface area contributed by atoms with E-state index in [2.05, 4.69) is 5.32 Å². The van der Waals surface area contributed by atoms with Gasteiger partial charge in [-0.05, 0) is 30.3 Å². The molecular weight excluding hydrogens is 350 g/mol. The normalized spacial score (nSPS) is 11.6. The molecule has 144 valence electrons. The fourth-order valence-corrected chi connectivity index (χ4v) is 2.63. The zero-order valence-electron chi connectivity index (χ0n) is 15.3. The molecule has 1 unspecified atom stereocenters. The van der Waals surface area contributed by atoms with Crippen LogP contribution in [-0.2, 0) is 6.54 Å². The molecule has 27 heavy (non-hydrogen) atoms. The van der Waals surface area contributed by atoms with Crippen LogP contribution in [0.2, 0.25) is 0 Å². The van der Waals surface area contributed by atoms with E-state index in [0.717, 1.165) is 11.1 Å². The number of hydrogen-bond donors (Lipinski definition) is 2. The highest BCUT2D eigenvalue weighted by Gasteiger charge is 2.11. The van der Waals surface area contributed by atoms with Gasteiger partial charge in [-0.15, -0.1) is 0 Å². The Morgan fingerprint density at radius 3 is 2.37 bits per heavy atom. The van der Waals surface area contributed by atoms with Crippen molar-refractivity contribution < 1.29 is 19.6 Å². The van der Waals surface area contributed by atoms with Gasteiger partial charge in [0.1, 0.15) is 5.75 Å². The fraction of sp³-hybridized carbons (Fsp3) is 0.316. The molecule has 2 aromatic rings. The van der Waals surface area contributed by atoms with Gasteiger partial charge >= 0.3 is 6.09 Å². The van der Waals surface area contributed by atoms with Gasteiger partial charge in [0.15, 0.2) is 0 Å². The van der Waals surface area contributed by atoms with Gasteiger partial charge < -0.3 is 20.1 Å². The maximum Gasteiger partial charge on any atom is 0.407 e. The second kappa shape index (κ2) is 9.54. The number of ether oxygens (including phenoxy) is 1. The first kappa shape index (κ1) is 20.2. The number of nitro groups is 1. The quantitative estimate of drug-likeness (QED) is 0.515. The Morgan fingerprint density at radius 1 is 1.22 bits per heavy atom. The molecule has 0 aliphatic rings. The van der Waals surface area contributed by atoms with Crippen molar-refractivity contribution in [1.29, 1.82) is 0 Å². The summed E-state index contributed by atoms with van der Waals surface area (Å²) in [4.78, 5) is 22.3. The summed E-state index contributed by atoms with van der Waals surface area (Å²) in [6, 6.07) is 13.8. The van der Waals surface area contributed by atoms with Gasteiger partial charge in [-0.1, -0.05) is 24.3 Å². The molecule has 0 heterocycles. The number of hydrogen-bond acceptors (Lipinski definition) is 5. The van der Waals surface area contributed by atoms with Crippen molar-refractivity contribution in [1.82, 2.24) is 10.2 Å². The van der Waals surface area contributed by atoms with Gasteiger partial charge in [0.25, 0.3) is 5.69 Å². The number of nitrogens with zero attached hydrogens (tertiary/aromatic N) is 2. The zero-order chi connectivity index (χ0) is 19.8. The van der Waals surface area contributed by atoms with Crippen molar-refractivity contribution >= 4 is 11.8 Å². The van der Waals surface area contributed by atoms with E-state index in [4.69, 9.17) is 9.84 Å². The van der Waals surface area contributed by atoms with Crippen LogP contribution in [0.3, 0.4) is 0 Å². The lowest BCUT2D eigenvalue weighted by molar-refractivity contribution is -0.384. The number of carboxylic acid groups (broad SMARTS) is 1. The molecule has 0 spiro atoms. The lowest BCUT2D eigenvalue weighted by atomic mass is 10.0. The summed E-state index contributed by atoms with van der Waals surface area (Å²) in [5, 5.41) is 22.8. The van der Waals surface area contributed by atoms with Crippen molar-refractivity contribution in [3.05, 3.63) is 69.8 Å². The molecule has 0 radical (unpaired) electrons. The monoisotopic (exact) mass is 373 g/mol. The number of benzene rings is 2. The summed E-state index contributed by atoms with van der Waals surface area (Å²) in [6.07, 6.45) is -0.252. The Balaban J connectivity index is 1.89. The third kappa shape index (κ3) is 5.96. The number of amides is 1. The van der Waals surface area contributed by atoms with Crippen LogP contribution in [0, 0.1) is 10.1 Å². The van der Waals surface area contributed by atoms with Gasteiger partial charge in [-0.2, -0.15) is 0 Å². The van der Waals surface area contributed by atoms with Crippen LogP contribution in [0.25, 0.3) is 0 Å². The van der Waals surface area contributed by atoms with Gasteiger partial charge in [-0.25, -0.2) is 4.79 Å². The lowest BCUT2D eigenvalue weighted by Gasteiger charge is -2.18. The van der Waals surface area contributed by atoms with Gasteiger partial charge in [0, 0.05) is 38.2 Å². The van der Waals surface area contributed by atoms with Crippen molar-refractivity contribution in [2.75, 3.05) is 20.7 Å². The molecule has 0 aliphatic heterocycles. The average molecular weight is 373 g/mol. The number of nitrogens with one attached hydrogen (secondary N) is 1. The first-order chi connectivity index (χ1) is 12.9. The minimum Gasteiger partial charge on any atom is -0.494 e. The summed E-state index contributed by atoms with van der Waals surface area (Å²) in [6.45, 7) is 0.788. The molecule has 0 aliphatic carbocycles. The van der Waals surface area contributed by atoms with Gasteiger partial charge in [-0.3, -0.25) is 10.1 Å². The van der Waals surface area contributed by atoms with E-state index in [9.17, 15) is 14.9 Å². The van der Waals surface area contributed by atoms with E-state index in [0.29, 0.717) is 25.3 Å². The molecule has 0 fully saturated rings. The fourth-order valence-electron chi connectivity index (χ4n) is 2.63. The molecule has 8 nitrogen and oxygen atoms in total. The predicted molar refractivity (Wildman–Crippen MR) is 101 cm³/mol. The Labute approximate surface area is 157 Å². The summed E-state index contributed by atoms with van der Waals surface area (Å²) < 4.78 is 5.66. The van der Waals surface area contributed by atoms with Crippen LogP contribution >= 0.6 is 0 Å². The van der Waals surface area contributed by atoms with Gasteiger partial charge in [0.05, 0.1) is 11.5 Å². The van der Waals surface area contributed by atoms with E-state index >= 15 is 0 Å². The largest absolute Gasteiger partial charge is 0.494 e. The predicted octanol–water partition coefficient (Wildman–Crippen LogP) is 3.43. The molecule has 2 aromatic carbocycles. The highest BCUT2D eigenvalue weighted by atomic mass is 16.6. The van der Waals surface area contributed by atoms with Crippen molar-refractivity contribution in [2.24, 2.45) is 0 Å². The standard InChI is InChI=1S/C19H23N3O5/c1-20-18(11-12-27-17-9-7-16(8-10-17)22(25)26)15-5-3-14(4-6-15)13-21(2)19(23)24/h3-10,18,20H,11-13H2,1-2H3,(H,23,24). The molecule has 8 heteroatoms. The van der Waals surface area contributed by atoms with E-state index < -0.39 is 11.0 Å². The Kier molecular flexibility index (Phi) is 7.13. The van der Waals surface area contributed by atoms with Crippen LogP contribution < -0.4 is 10.1 Å². The van der Waals surface area contributed by atoms with Crippen LogP contribution in [-0.4, -0.2) is 41.7 Å². The third-order valence-electron chi connectivity index (χ3n) is 4.20. The van der Waals surface area contributed by atoms with Crippen LogP contribution in [0.1, 0.15) is 23.6 Å². The second-order valence-corrected chi connectivity index (χ2v) is 6.11. The molecule has 2 N–H and O–H groups in total. The van der Waals surface area contributed by atoms with Crippen molar-refractivity contribution in [3.63, 3.8) is 0 Å². The highest BCUT2D eigenvalue weighted by Crippen LogP contribution is 2.20. The minimum atomic E-state index is -0.962. The number of nitro benzene ring substituents is 1. The van der Waals surface area contributed by atoms with E-state index in [1.807, 2.05) is 31.3 Å². The Bertz CT molecular complexity index is 762. The first-order valence-electron chi connectivity index (χ1n) is 8.48. The molecule has 0 saturated carbocycles. The SMILES string of the molecule is CNC(CCOc1ccc([N+](=O)[O-])cc1)c1ccc(CN(C)C(=O)O)cc1. The van der Waals surface area contributed by atoms with Crippen LogP contribution in [0.4, 0.5) is 10.5 Å². The third-order valence-corrected chi connectivity index (χ3v) is 4.20. The van der Waals surface area contributed by atoms with E-state index in [-0.39, 0.29) is 11.7 Å². The van der Waals surface area contributed by atoms with E-state index in [1.165, 1.54) is 24.1 Å². The summed E-state index contributed by atoms with van der Waals surface area (Å²) >= 11 is 0. The molecule has 0 aromatic heterocycles. The van der Waals surface area contributed by atoms with Crippen LogP contribution in [0.15, 0.2) is 48.5 Å². The van der Waals surface area contributed by atoms with Crippen molar-refractivity contribution in [2.45, 2.75) is 19.0 Å². The maximum atomic E-state index is 10.9. The zero-order valence-corrected chi connectivity index (χ0v) is 15.3. The summed E-state index contributed by atoms with van der Waals surface area (Å²) in [5.41, 5.74) is 2.02. The smallest absolute Gasteiger partial charge is 0.407 e. The average Bonchev–Trinajstić information content (AvgIpc) is 2.66. The van der Waals surface area contributed by atoms with E-state index in [1.54, 1.807) is 12.1 Å². The Hall–Kier alpha value is -3.13. The summed E-state index contributed by atoms with van der Waals surface area (Å²) in [5.74, 6) is 0.586. The first-order valence-corrected chi connectivity index (χ1v) is 8.48. The molecular formula is C19H23N3O5.